The van der Waals surface area contributed by atoms with E-state index in [1.165, 1.54) is 0 Å². The standard InChI is InChI=1S/C24H15ClN2O/c25-22-14-13-20-19-11-4-5-12-21(19)27(24(28)23(20)26-22)18-10-6-9-17(15-18)16-7-2-1-3-8-16/h1-15H. The van der Waals surface area contributed by atoms with E-state index in [1.807, 2.05) is 72.8 Å². The van der Waals surface area contributed by atoms with Gasteiger partial charge in [-0.2, -0.15) is 0 Å². The molecule has 0 saturated heterocycles. The van der Waals surface area contributed by atoms with Gasteiger partial charge < -0.3 is 0 Å². The van der Waals surface area contributed by atoms with E-state index in [4.69, 9.17) is 11.6 Å². The van der Waals surface area contributed by atoms with Gasteiger partial charge >= 0.3 is 0 Å². The summed E-state index contributed by atoms with van der Waals surface area (Å²) in [5.74, 6) is 0. The molecule has 134 valence electrons. The molecule has 0 radical (unpaired) electrons. The molecule has 3 nitrogen and oxygen atoms in total. The predicted molar refractivity (Wildman–Crippen MR) is 115 cm³/mol. The normalized spacial score (nSPS) is 11.2. The smallest absolute Gasteiger partial charge is 0.275 e. The van der Waals surface area contributed by atoms with E-state index in [0.29, 0.717) is 10.7 Å². The van der Waals surface area contributed by atoms with Crippen molar-refractivity contribution in [1.82, 2.24) is 9.55 Å². The molecule has 28 heavy (non-hydrogen) atoms. The zero-order valence-electron chi connectivity index (χ0n) is 14.8. The SMILES string of the molecule is O=c1c2nc(Cl)ccc2c2ccccc2n1-c1cccc(-c2ccccc2)c1. The Kier molecular flexibility index (Phi) is 3.96. The van der Waals surface area contributed by atoms with Crippen LogP contribution < -0.4 is 5.56 Å². The third-order valence-corrected chi connectivity index (χ3v) is 5.12. The van der Waals surface area contributed by atoms with Crippen molar-refractivity contribution in [2.75, 3.05) is 0 Å². The van der Waals surface area contributed by atoms with Crippen LogP contribution in [0, 0.1) is 0 Å². The van der Waals surface area contributed by atoms with Crippen molar-refractivity contribution in [1.29, 1.82) is 0 Å². The van der Waals surface area contributed by atoms with Crippen molar-refractivity contribution in [2.45, 2.75) is 0 Å². The molecule has 0 aliphatic heterocycles. The van der Waals surface area contributed by atoms with Crippen LogP contribution in [0.4, 0.5) is 0 Å². The quantitative estimate of drug-likeness (QED) is 0.283. The molecule has 2 aromatic heterocycles. The summed E-state index contributed by atoms with van der Waals surface area (Å²) >= 11 is 6.09. The van der Waals surface area contributed by atoms with Crippen LogP contribution in [-0.4, -0.2) is 9.55 Å². The lowest BCUT2D eigenvalue weighted by Crippen LogP contribution is -2.20. The molecule has 0 aliphatic carbocycles. The summed E-state index contributed by atoms with van der Waals surface area (Å²) in [5, 5.41) is 2.08. The number of nitrogens with zero attached hydrogens (tertiary/aromatic N) is 2. The summed E-state index contributed by atoms with van der Waals surface area (Å²) in [4.78, 5) is 17.7. The second-order valence-corrected chi connectivity index (χ2v) is 6.99. The third-order valence-electron chi connectivity index (χ3n) is 4.91. The Morgan fingerprint density at radius 3 is 2.32 bits per heavy atom. The number of hydrogen-bond donors (Lipinski definition) is 0. The summed E-state index contributed by atoms with van der Waals surface area (Å²) in [6.45, 7) is 0. The highest BCUT2D eigenvalue weighted by atomic mass is 35.5. The predicted octanol–water partition coefficient (Wildman–Crippen LogP) is 5.86. The lowest BCUT2D eigenvalue weighted by molar-refractivity contribution is 1.05. The fourth-order valence-electron chi connectivity index (χ4n) is 3.64. The first-order chi connectivity index (χ1) is 13.7. The fourth-order valence-corrected chi connectivity index (χ4v) is 3.79. The van der Waals surface area contributed by atoms with Gasteiger partial charge in [0.05, 0.1) is 5.52 Å². The number of benzene rings is 3. The van der Waals surface area contributed by atoms with Crippen molar-refractivity contribution >= 4 is 33.4 Å². The molecule has 5 rings (SSSR count). The van der Waals surface area contributed by atoms with Gasteiger partial charge in [0.25, 0.3) is 5.56 Å². The number of fused-ring (bicyclic) bond motifs is 3. The van der Waals surface area contributed by atoms with Gasteiger partial charge in [0.2, 0.25) is 0 Å². The summed E-state index contributed by atoms with van der Waals surface area (Å²) in [6, 6.07) is 29.5. The Morgan fingerprint density at radius 2 is 1.46 bits per heavy atom. The van der Waals surface area contributed by atoms with Gasteiger partial charge in [0, 0.05) is 16.5 Å². The van der Waals surface area contributed by atoms with E-state index in [2.05, 4.69) is 17.1 Å². The Hall–Kier alpha value is -3.43. The number of halogens is 1. The van der Waals surface area contributed by atoms with Gasteiger partial charge in [-0.05, 0) is 41.5 Å². The number of para-hydroxylation sites is 1. The van der Waals surface area contributed by atoms with Crippen LogP contribution in [0.2, 0.25) is 5.15 Å². The largest absolute Gasteiger partial charge is 0.282 e. The molecule has 0 saturated carbocycles. The molecule has 0 spiro atoms. The van der Waals surface area contributed by atoms with E-state index < -0.39 is 0 Å². The zero-order valence-corrected chi connectivity index (χ0v) is 15.6. The molecule has 0 N–H and O–H groups in total. The van der Waals surface area contributed by atoms with Gasteiger partial charge in [-0.15, -0.1) is 0 Å². The molecular formula is C24H15ClN2O. The Morgan fingerprint density at radius 1 is 0.714 bits per heavy atom. The fraction of sp³-hybridized carbons (Fsp3) is 0. The monoisotopic (exact) mass is 382 g/mol. The lowest BCUT2D eigenvalue weighted by atomic mass is 10.0. The second kappa shape index (κ2) is 6.63. The molecule has 0 amide bonds. The first-order valence-electron chi connectivity index (χ1n) is 8.98. The molecular weight excluding hydrogens is 368 g/mol. The first kappa shape index (κ1) is 16.7. The summed E-state index contributed by atoms with van der Waals surface area (Å²) in [6.07, 6.45) is 0. The average Bonchev–Trinajstić information content (AvgIpc) is 2.75. The minimum absolute atomic E-state index is 0.179. The molecule has 0 unspecified atom stereocenters. The highest BCUT2D eigenvalue weighted by Gasteiger charge is 2.14. The van der Waals surface area contributed by atoms with Gasteiger partial charge in [-0.1, -0.05) is 72.3 Å². The number of aromatic nitrogens is 2. The number of rotatable bonds is 2. The van der Waals surface area contributed by atoms with E-state index >= 15 is 0 Å². The van der Waals surface area contributed by atoms with Crippen LogP contribution in [0.15, 0.2) is 95.8 Å². The Bertz CT molecular complexity index is 1390. The maximum absolute atomic E-state index is 13.4. The summed E-state index contributed by atoms with van der Waals surface area (Å²) in [5.41, 5.74) is 3.98. The van der Waals surface area contributed by atoms with Crippen LogP contribution in [0.3, 0.4) is 0 Å². The Balaban J connectivity index is 1.86. The van der Waals surface area contributed by atoms with Crippen molar-refractivity contribution in [3.8, 4) is 16.8 Å². The van der Waals surface area contributed by atoms with Crippen LogP contribution in [-0.2, 0) is 0 Å². The molecule has 5 aromatic rings. The van der Waals surface area contributed by atoms with E-state index in [1.54, 1.807) is 10.6 Å². The van der Waals surface area contributed by atoms with Crippen LogP contribution >= 0.6 is 11.6 Å². The minimum atomic E-state index is -0.179. The molecule has 0 bridgehead atoms. The number of pyridine rings is 2. The van der Waals surface area contributed by atoms with Crippen LogP contribution in [0.1, 0.15) is 0 Å². The maximum Gasteiger partial charge on any atom is 0.282 e. The molecule has 0 fully saturated rings. The lowest BCUT2D eigenvalue weighted by Gasteiger charge is -2.14. The van der Waals surface area contributed by atoms with Crippen LogP contribution in [0.25, 0.3) is 38.6 Å². The number of hydrogen-bond acceptors (Lipinski definition) is 2. The topological polar surface area (TPSA) is 34.9 Å². The van der Waals surface area contributed by atoms with Crippen molar-refractivity contribution in [3.63, 3.8) is 0 Å². The first-order valence-corrected chi connectivity index (χ1v) is 9.36. The third kappa shape index (κ3) is 2.68. The molecule has 2 heterocycles. The van der Waals surface area contributed by atoms with Crippen molar-refractivity contribution < 1.29 is 0 Å². The van der Waals surface area contributed by atoms with E-state index in [9.17, 15) is 4.79 Å². The molecule has 0 aliphatic rings. The molecule has 4 heteroatoms. The molecule has 0 atom stereocenters. The Labute approximate surface area is 166 Å². The van der Waals surface area contributed by atoms with Gasteiger partial charge in [0.1, 0.15) is 10.7 Å². The average molecular weight is 383 g/mol. The highest BCUT2D eigenvalue weighted by Crippen LogP contribution is 2.27. The van der Waals surface area contributed by atoms with Gasteiger partial charge in [0.15, 0.2) is 0 Å². The summed E-state index contributed by atoms with van der Waals surface area (Å²) < 4.78 is 1.72. The van der Waals surface area contributed by atoms with Crippen LogP contribution in [0.5, 0.6) is 0 Å². The molecule has 3 aromatic carbocycles. The van der Waals surface area contributed by atoms with Gasteiger partial charge in [-0.3, -0.25) is 9.36 Å². The zero-order chi connectivity index (χ0) is 19.1. The van der Waals surface area contributed by atoms with Gasteiger partial charge in [-0.25, -0.2) is 4.98 Å². The maximum atomic E-state index is 13.4. The van der Waals surface area contributed by atoms with Crippen molar-refractivity contribution in [3.05, 3.63) is 107 Å². The highest BCUT2D eigenvalue weighted by molar-refractivity contribution is 6.30. The van der Waals surface area contributed by atoms with E-state index in [-0.39, 0.29) is 5.56 Å². The summed E-state index contributed by atoms with van der Waals surface area (Å²) in [7, 11) is 0. The minimum Gasteiger partial charge on any atom is -0.275 e. The van der Waals surface area contributed by atoms with E-state index in [0.717, 1.165) is 33.1 Å². The second-order valence-electron chi connectivity index (χ2n) is 6.60. The van der Waals surface area contributed by atoms with Crippen molar-refractivity contribution in [2.24, 2.45) is 0 Å².